The predicted octanol–water partition coefficient (Wildman–Crippen LogP) is 4.07. The number of benzene rings is 2. The minimum atomic E-state index is -4.87. The molecule has 0 bridgehead atoms. The number of carbonyl (C=O) groups is 1. The summed E-state index contributed by atoms with van der Waals surface area (Å²) in [6, 6.07) is 17.9. The fourth-order valence-corrected chi connectivity index (χ4v) is 5.65. The van der Waals surface area contributed by atoms with E-state index in [-0.39, 0.29) is 11.9 Å². The summed E-state index contributed by atoms with van der Waals surface area (Å²) in [5, 5.41) is 1.00. The van der Waals surface area contributed by atoms with Crippen LogP contribution in [0.25, 0.3) is 10.9 Å². The summed E-state index contributed by atoms with van der Waals surface area (Å²) in [5.41, 5.74) is 3.59. The zero-order valence-electron chi connectivity index (χ0n) is 20.9. The van der Waals surface area contributed by atoms with Crippen LogP contribution < -0.4 is 0 Å². The van der Waals surface area contributed by atoms with Crippen molar-refractivity contribution in [2.24, 2.45) is 0 Å². The number of amides is 1. The largest absolute Gasteiger partial charge is 0.332 e. The van der Waals surface area contributed by atoms with Gasteiger partial charge in [0.05, 0.1) is 0 Å². The van der Waals surface area contributed by atoms with Crippen LogP contribution in [0.2, 0.25) is 0 Å². The molecule has 194 valence electrons. The minimum Gasteiger partial charge on any atom is -0.332 e. The average Bonchev–Trinajstić information content (AvgIpc) is 3.26. The van der Waals surface area contributed by atoms with E-state index in [2.05, 4.69) is 20.4 Å². The van der Waals surface area contributed by atoms with Crippen molar-refractivity contribution >= 4 is 27.0 Å². The maximum atomic E-state index is 13.8. The molecule has 1 fully saturated rings. The molecule has 1 amide bonds. The third kappa shape index (κ3) is 5.32. The zero-order chi connectivity index (χ0) is 26.9. The lowest BCUT2D eigenvalue weighted by Gasteiger charge is -2.40. The van der Waals surface area contributed by atoms with Gasteiger partial charge in [0.2, 0.25) is 0 Å². The standard InChI is InChI=1S/C29H27FN4O3S/c1-3-22-14-24(16-26(15-22)38(30,36)37)19-32-12-13-33(21(2)18-32)29(35)28-17-25-6-4-5-7-27(25)34(28)20-23-8-10-31-11-9-23/h1,4-11,14-17,21H,12-13,18-20H2,2H3/t21-/m0/s1. The number of terminal acetylenes is 1. The fraction of sp³-hybridized carbons (Fsp3) is 0.241. The van der Waals surface area contributed by atoms with Crippen LogP contribution in [-0.4, -0.2) is 59.4 Å². The highest BCUT2D eigenvalue weighted by Gasteiger charge is 2.30. The zero-order valence-corrected chi connectivity index (χ0v) is 21.7. The van der Waals surface area contributed by atoms with Gasteiger partial charge in [-0.05, 0) is 60.5 Å². The van der Waals surface area contributed by atoms with Crippen molar-refractivity contribution in [2.45, 2.75) is 31.0 Å². The van der Waals surface area contributed by atoms with E-state index in [0.717, 1.165) is 22.5 Å². The quantitative estimate of drug-likeness (QED) is 0.278. The van der Waals surface area contributed by atoms with Gasteiger partial charge >= 0.3 is 10.2 Å². The van der Waals surface area contributed by atoms with Crippen molar-refractivity contribution in [3.8, 4) is 12.3 Å². The second kappa shape index (κ2) is 10.4. The number of carbonyl (C=O) groups excluding carboxylic acids is 1. The molecule has 0 N–H and O–H groups in total. The number of hydrogen-bond acceptors (Lipinski definition) is 5. The number of hydrogen-bond donors (Lipinski definition) is 0. The average molecular weight is 531 g/mol. The van der Waals surface area contributed by atoms with E-state index in [4.69, 9.17) is 6.42 Å². The van der Waals surface area contributed by atoms with Crippen molar-refractivity contribution in [3.05, 3.63) is 95.4 Å². The molecule has 1 aliphatic heterocycles. The number of fused-ring (bicyclic) bond motifs is 1. The van der Waals surface area contributed by atoms with Crippen LogP contribution in [0.5, 0.6) is 0 Å². The molecule has 0 saturated carbocycles. The van der Waals surface area contributed by atoms with Gasteiger partial charge < -0.3 is 9.47 Å². The second-order valence-corrected chi connectivity index (χ2v) is 10.9. The molecule has 2 aromatic heterocycles. The SMILES string of the molecule is C#Cc1cc(CN2CCN(C(=O)c3cc4ccccc4n3Cc3ccncc3)[C@@H](C)C2)cc(S(=O)(=O)F)c1. The van der Waals surface area contributed by atoms with Gasteiger partial charge in [-0.25, -0.2) is 0 Å². The smallest absolute Gasteiger partial charge is 0.332 e. The molecular formula is C29H27FN4O3S. The Morgan fingerprint density at radius 2 is 1.82 bits per heavy atom. The Morgan fingerprint density at radius 1 is 1.05 bits per heavy atom. The Hall–Kier alpha value is -4.00. The summed E-state index contributed by atoms with van der Waals surface area (Å²) in [6.45, 7) is 4.60. The van der Waals surface area contributed by atoms with Crippen molar-refractivity contribution in [3.63, 3.8) is 0 Å². The molecule has 0 radical (unpaired) electrons. The third-order valence-electron chi connectivity index (χ3n) is 6.91. The van der Waals surface area contributed by atoms with Gasteiger partial charge in [-0.15, -0.1) is 10.3 Å². The van der Waals surface area contributed by atoms with Crippen LogP contribution in [0.15, 0.2) is 78.0 Å². The van der Waals surface area contributed by atoms with E-state index in [1.165, 1.54) is 6.07 Å². The van der Waals surface area contributed by atoms with Gasteiger partial charge in [0, 0.05) is 67.6 Å². The third-order valence-corrected chi connectivity index (χ3v) is 7.71. The van der Waals surface area contributed by atoms with E-state index in [0.29, 0.717) is 49.5 Å². The summed E-state index contributed by atoms with van der Waals surface area (Å²) in [4.78, 5) is 21.5. The topological polar surface area (TPSA) is 75.5 Å². The Labute approximate surface area is 221 Å². The molecule has 0 aliphatic carbocycles. The highest BCUT2D eigenvalue weighted by Crippen LogP contribution is 2.25. The lowest BCUT2D eigenvalue weighted by Crippen LogP contribution is -2.53. The van der Waals surface area contributed by atoms with E-state index < -0.39 is 15.1 Å². The molecule has 0 spiro atoms. The van der Waals surface area contributed by atoms with Crippen LogP contribution in [-0.2, 0) is 23.3 Å². The molecule has 5 rings (SSSR count). The van der Waals surface area contributed by atoms with Gasteiger partial charge in [-0.3, -0.25) is 14.7 Å². The molecule has 1 aliphatic rings. The molecule has 9 heteroatoms. The molecule has 0 unspecified atom stereocenters. The number of piperazine rings is 1. The first kappa shape index (κ1) is 25.6. The molecule has 38 heavy (non-hydrogen) atoms. The van der Waals surface area contributed by atoms with Gasteiger partial charge in [-0.1, -0.05) is 24.1 Å². The summed E-state index contributed by atoms with van der Waals surface area (Å²) in [7, 11) is -4.87. The van der Waals surface area contributed by atoms with Gasteiger partial charge in [0.25, 0.3) is 5.91 Å². The molecule has 7 nitrogen and oxygen atoms in total. The molecule has 1 atom stereocenters. The molecular weight excluding hydrogens is 503 g/mol. The van der Waals surface area contributed by atoms with Gasteiger partial charge in [0.15, 0.2) is 0 Å². The lowest BCUT2D eigenvalue weighted by atomic mass is 10.1. The van der Waals surface area contributed by atoms with Crippen LogP contribution in [0.4, 0.5) is 3.89 Å². The number of aromatic nitrogens is 2. The number of nitrogens with zero attached hydrogens (tertiary/aromatic N) is 4. The van der Waals surface area contributed by atoms with E-state index in [1.54, 1.807) is 18.5 Å². The highest BCUT2D eigenvalue weighted by molar-refractivity contribution is 7.86. The Kier molecular flexibility index (Phi) is 7.02. The summed E-state index contributed by atoms with van der Waals surface area (Å²) in [5.74, 6) is 2.35. The first-order chi connectivity index (χ1) is 18.2. The summed E-state index contributed by atoms with van der Waals surface area (Å²) >= 11 is 0. The molecule has 1 saturated heterocycles. The molecule has 3 heterocycles. The summed E-state index contributed by atoms with van der Waals surface area (Å²) in [6.07, 6.45) is 8.94. The van der Waals surface area contributed by atoms with E-state index in [1.807, 2.05) is 54.3 Å². The number of para-hydroxylation sites is 1. The first-order valence-corrected chi connectivity index (χ1v) is 13.7. The normalized spacial score (nSPS) is 16.4. The van der Waals surface area contributed by atoms with Gasteiger partial charge in [-0.2, -0.15) is 8.42 Å². The minimum absolute atomic E-state index is 0.0393. The van der Waals surface area contributed by atoms with Crippen molar-refractivity contribution in [1.82, 2.24) is 19.4 Å². The van der Waals surface area contributed by atoms with Crippen LogP contribution in [0.1, 0.15) is 34.1 Å². The van der Waals surface area contributed by atoms with Crippen molar-refractivity contribution in [2.75, 3.05) is 19.6 Å². The molecule has 2 aromatic carbocycles. The Balaban J connectivity index is 1.36. The number of rotatable bonds is 6. The molecule has 4 aromatic rings. The van der Waals surface area contributed by atoms with E-state index >= 15 is 0 Å². The Morgan fingerprint density at radius 3 is 2.53 bits per heavy atom. The predicted molar refractivity (Wildman–Crippen MR) is 144 cm³/mol. The van der Waals surface area contributed by atoms with Crippen molar-refractivity contribution in [1.29, 1.82) is 0 Å². The second-order valence-electron chi connectivity index (χ2n) is 9.56. The van der Waals surface area contributed by atoms with Crippen LogP contribution in [0, 0.1) is 12.3 Å². The monoisotopic (exact) mass is 530 g/mol. The van der Waals surface area contributed by atoms with Crippen LogP contribution in [0.3, 0.4) is 0 Å². The first-order valence-electron chi connectivity index (χ1n) is 12.3. The van der Waals surface area contributed by atoms with Gasteiger partial charge in [0.1, 0.15) is 10.6 Å². The maximum absolute atomic E-state index is 13.8. The Bertz CT molecular complexity index is 1640. The fourth-order valence-electron chi connectivity index (χ4n) is 5.09. The van der Waals surface area contributed by atoms with E-state index in [9.17, 15) is 17.1 Å². The number of halogens is 1. The van der Waals surface area contributed by atoms with Crippen molar-refractivity contribution < 1.29 is 17.1 Å². The highest BCUT2D eigenvalue weighted by atomic mass is 32.3. The maximum Gasteiger partial charge on any atom is 0.332 e. The lowest BCUT2D eigenvalue weighted by molar-refractivity contribution is 0.0466. The number of pyridine rings is 1. The summed E-state index contributed by atoms with van der Waals surface area (Å²) < 4.78 is 38.6. The van der Waals surface area contributed by atoms with Crippen LogP contribution >= 0.6 is 0 Å².